The van der Waals surface area contributed by atoms with Gasteiger partial charge in [-0.05, 0) is 48.8 Å². The Hall–Kier alpha value is -2.22. The fourth-order valence-electron chi connectivity index (χ4n) is 2.66. The van der Waals surface area contributed by atoms with Crippen molar-refractivity contribution in [3.8, 4) is 0 Å². The Morgan fingerprint density at radius 2 is 2.00 bits per heavy atom. The predicted octanol–water partition coefficient (Wildman–Crippen LogP) is 3.96. The minimum atomic E-state index is -0.729. The van der Waals surface area contributed by atoms with Gasteiger partial charge in [0.15, 0.2) is 0 Å². The second-order valence-electron chi connectivity index (χ2n) is 6.01. The van der Waals surface area contributed by atoms with Gasteiger partial charge in [-0.15, -0.1) is 0 Å². The maximum Gasteiger partial charge on any atom is 0.261 e. The number of nitrogens with one attached hydrogen (secondary N) is 2. The lowest BCUT2D eigenvalue weighted by Crippen LogP contribution is -2.46. The van der Waals surface area contributed by atoms with Crippen LogP contribution in [0, 0.1) is 0 Å². The number of benzene rings is 2. The monoisotopic (exact) mass is 436 g/mol. The van der Waals surface area contributed by atoms with Crippen molar-refractivity contribution in [2.45, 2.75) is 12.5 Å². The number of fused-ring (bicyclic) bond motifs is 1. The van der Waals surface area contributed by atoms with E-state index in [1.54, 1.807) is 22.5 Å². The van der Waals surface area contributed by atoms with Crippen LogP contribution in [0.15, 0.2) is 48.8 Å². The minimum absolute atomic E-state index is 0.231. The van der Waals surface area contributed by atoms with Crippen molar-refractivity contribution in [2.24, 2.45) is 0 Å². The van der Waals surface area contributed by atoms with Crippen LogP contribution in [-0.4, -0.2) is 39.5 Å². The molecule has 1 atom stereocenters. The number of amides is 2. The fraction of sp³-hybridized carbons (Fsp3) is 0.211. The summed E-state index contributed by atoms with van der Waals surface area (Å²) in [4.78, 5) is 29.7. The summed E-state index contributed by atoms with van der Waals surface area (Å²) in [7, 11) is 0. The number of hydrogen-bond acceptors (Lipinski definition) is 4. The Balaban J connectivity index is 1.77. The number of hydrogen-bond donors (Lipinski definition) is 2. The number of rotatable bonds is 7. The van der Waals surface area contributed by atoms with Gasteiger partial charge in [0.1, 0.15) is 12.4 Å². The van der Waals surface area contributed by atoms with Crippen LogP contribution in [0.4, 0.5) is 0 Å². The number of nitrogens with zero attached hydrogens (tertiary/aromatic N) is 2. The molecule has 3 rings (SSSR count). The van der Waals surface area contributed by atoms with Crippen LogP contribution in [0.5, 0.6) is 0 Å². The van der Waals surface area contributed by atoms with E-state index in [0.29, 0.717) is 17.2 Å². The summed E-state index contributed by atoms with van der Waals surface area (Å²) < 4.78 is 1.55. The number of imidazole rings is 1. The molecule has 0 aliphatic carbocycles. The highest BCUT2D eigenvalue weighted by atomic mass is 35.5. The van der Waals surface area contributed by atoms with Crippen molar-refractivity contribution in [2.75, 3.05) is 17.4 Å². The van der Waals surface area contributed by atoms with Gasteiger partial charge in [0, 0.05) is 5.02 Å². The molecular formula is C19H18Cl2N4O2S. The van der Waals surface area contributed by atoms with E-state index in [2.05, 4.69) is 15.7 Å². The molecular weight excluding hydrogens is 419 g/mol. The maximum absolute atomic E-state index is 12.8. The number of aromatic nitrogens is 2. The molecule has 3 aromatic rings. The molecule has 146 valence electrons. The van der Waals surface area contributed by atoms with Gasteiger partial charge in [-0.2, -0.15) is 11.8 Å². The summed E-state index contributed by atoms with van der Waals surface area (Å²) in [6, 6.07) is 11.3. The Bertz CT molecular complexity index is 1010. The third-order valence-electron chi connectivity index (χ3n) is 4.09. The van der Waals surface area contributed by atoms with E-state index in [0.717, 1.165) is 11.0 Å². The summed E-state index contributed by atoms with van der Waals surface area (Å²) in [6.07, 6.45) is 3.94. The van der Waals surface area contributed by atoms with Gasteiger partial charge in [0.05, 0.1) is 21.6 Å². The molecule has 28 heavy (non-hydrogen) atoms. The van der Waals surface area contributed by atoms with E-state index in [1.165, 1.54) is 18.5 Å². The molecule has 1 unspecified atom stereocenters. The van der Waals surface area contributed by atoms with E-state index >= 15 is 0 Å². The van der Waals surface area contributed by atoms with Gasteiger partial charge in [-0.25, -0.2) is 9.66 Å². The number of halogens is 2. The lowest BCUT2D eigenvalue weighted by molar-refractivity contribution is -0.118. The molecule has 2 N–H and O–H groups in total. The second-order valence-corrected chi connectivity index (χ2v) is 7.84. The Kier molecular flexibility index (Phi) is 6.83. The Morgan fingerprint density at radius 3 is 2.75 bits per heavy atom. The first-order valence-corrected chi connectivity index (χ1v) is 10.6. The lowest BCUT2D eigenvalue weighted by Gasteiger charge is -2.19. The van der Waals surface area contributed by atoms with Gasteiger partial charge in [0.25, 0.3) is 11.8 Å². The summed E-state index contributed by atoms with van der Waals surface area (Å²) >= 11 is 13.6. The fourth-order valence-corrected chi connectivity index (χ4v) is 3.62. The molecule has 0 saturated carbocycles. The minimum Gasteiger partial charge on any atom is -0.340 e. The summed E-state index contributed by atoms with van der Waals surface area (Å²) in [6.45, 7) is 0. The number of thioether (sulfide) groups is 1. The highest BCUT2D eigenvalue weighted by molar-refractivity contribution is 7.98. The van der Waals surface area contributed by atoms with Gasteiger partial charge in [-0.3, -0.25) is 15.0 Å². The molecule has 2 aromatic carbocycles. The van der Waals surface area contributed by atoms with Gasteiger partial charge < -0.3 is 5.32 Å². The highest BCUT2D eigenvalue weighted by Gasteiger charge is 2.23. The summed E-state index contributed by atoms with van der Waals surface area (Å²) in [5.74, 6) is -0.0637. The molecule has 0 saturated heterocycles. The van der Waals surface area contributed by atoms with E-state index < -0.39 is 11.9 Å². The molecule has 0 bridgehead atoms. The van der Waals surface area contributed by atoms with E-state index in [-0.39, 0.29) is 16.5 Å². The van der Waals surface area contributed by atoms with Crippen molar-refractivity contribution in [3.63, 3.8) is 0 Å². The van der Waals surface area contributed by atoms with Gasteiger partial charge >= 0.3 is 0 Å². The summed E-state index contributed by atoms with van der Waals surface area (Å²) in [5, 5.41) is 3.43. The van der Waals surface area contributed by atoms with E-state index in [9.17, 15) is 9.59 Å². The predicted molar refractivity (Wildman–Crippen MR) is 115 cm³/mol. The van der Waals surface area contributed by atoms with Crippen LogP contribution in [0.2, 0.25) is 10.0 Å². The van der Waals surface area contributed by atoms with Crippen molar-refractivity contribution in [1.82, 2.24) is 15.0 Å². The standard InChI is InChI=1S/C19H18Cl2N4O2S/c1-28-9-8-16(23-18(26)13-7-6-12(20)10-14(13)21)19(27)24-25-11-22-15-4-2-3-5-17(15)25/h2-7,10-11,16H,8-9H2,1H3,(H,23,26)(H,24,27). The molecule has 9 heteroatoms. The topological polar surface area (TPSA) is 76.0 Å². The quantitative estimate of drug-likeness (QED) is 0.587. The second kappa shape index (κ2) is 9.32. The third kappa shape index (κ3) is 4.79. The van der Waals surface area contributed by atoms with Crippen molar-refractivity contribution in [1.29, 1.82) is 0 Å². The zero-order valence-corrected chi connectivity index (χ0v) is 17.3. The van der Waals surface area contributed by atoms with Crippen LogP contribution >= 0.6 is 35.0 Å². The van der Waals surface area contributed by atoms with Crippen LogP contribution in [0.25, 0.3) is 11.0 Å². The number of para-hydroxylation sites is 2. The van der Waals surface area contributed by atoms with Crippen LogP contribution in [0.3, 0.4) is 0 Å². The first-order chi connectivity index (χ1) is 13.5. The van der Waals surface area contributed by atoms with Crippen molar-refractivity contribution in [3.05, 3.63) is 64.4 Å². The van der Waals surface area contributed by atoms with E-state index in [1.807, 2.05) is 30.5 Å². The Labute approximate surface area is 176 Å². The third-order valence-corrected chi connectivity index (χ3v) is 5.28. The smallest absolute Gasteiger partial charge is 0.261 e. The van der Waals surface area contributed by atoms with Crippen molar-refractivity contribution >= 4 is 57.8 Å². The maximum atomic E-state index is 12.8. The largest absolute Gasteiger partial charge is 0.340 e. The van der Waals surface area contributed by atoms with E-state index in [4.69, 9.17) is 23.2 Å². The SMILES string of the molecule is CSCCC(NC(=O)c1ccc(Cl)cc1Cl)C(=O)Nn1cnc2ccccc21. The molecule has 0 radical (unpaired) electrons. The molecule has 1 heterocycles. The normalized spacial score (nSPS) is 12.0. The van der Waals surface area contributed by atoms with Crippen LogP contribution in [0.1, 0.15) is 16.8 Å². The summed E-state index contributed by atoms with van der Waals surface area (Å²) in [5.41, 5.74) is 4.59. The van der Waals surface area contributed by atoms with Crippen LogP contribution in [-0.2, 0) is 4.79 Å². The molecule has 0 aliphatic rings. The number of carbonyl (C=O) groups is 2. The van der Waals surface area contributed by atoms with Gasteiger partial charge in [0.2, 0.25) is 0 Å². The molecule has 0 spiro atoms. The molecule has 1 aromatic heterocycles. The molecule has 0 fully saturated rings. The first kappa shape index (κ1) is 20.5. The zero-order chi connectivity index (χ0) is 20.1. The zero-order valence-electron chi connectivity index (χ0n) is 15.0. The van der Waals surface area contributed by atoms with Crippen LogP contribution < -0.4 is 10.7 Å². The first-order valence-electron chi connectivity index (χ1n) is 8.47. The van der Waals surface area contributed by atoms with Crippen molar-refractivity contribution < 1.29 is 9.59 Å². The molecule has 0 aliphatic heterocycles. The Morgan fingerprint density at radius 1 is 1.21 bits per heavy atom. The average molecular weight is 437 g/mol. The molecule has 2 amide bonds. The van der Waals surface area contributed by atoms with Gasteiger partial charge in [-0.1, -0.05) is 35.3 Å². The highest BCUT2D eigenvalue weighted by Crippen LogP contribution is 2.21. The lowest BCUT2D eigenvalue weighted by atomic mass is 10.1. The average Bonchev–Trinajstić information content (AvgIpc) is 3.07. The number of carbonyl (C=O) groups excluding carboxylic acids is 2. The molecule has 6 nitrogen and oxygen atoms in total.